The van der Waals surface area contributed by atoms with Crippen molar-refractivity contribution in [2.75, 3.05) is 20.3 Å². The van der Waals surface area contributed by atoms with Gasteiger partial charge in [0.2, 0.25) is 0 Å². The number of aromatic nitrogens is 1. The summed E-state index contributed by atoms with van der Waals surface area (Å²) in [5.74, 6) is 0.441. The van der Waals surface area contributed by atoms with E-state index < -0.39 is 7.04 Å². The van der Waals surface area contributed by atoms with E-state index in [0.717, 1.165) is 22.1 Å². The Bertz CT molecular complexity index is 1080. The predicted molar refractivity (Wildman–Crippen MR) is 96.7 cm³/mol. The number of nitrogens with one attached hydrogen (secondary N) is 1. The molecule has 0 spiro atoms. The molecule has 0 atom stereocenters. The van der Waals surface area contributed by atoms with Crippen molar-refractivity contribution in [2.45, 2.75) is 6.42 Å². The first-order valence-electron chi connectivity index (χ1n) is 9.26. The van der Waals surface area contributed by atoms with Crippen molar-refractivity contribution in [1.29, 1.82) is 5.26 Å². The fourth-order valence-corrected chi connectivity index (χ4v) is 2.83. The Morgan fingerprint density at radius 1 is 1.20 bits per heavy atom. The van der Waals surface area contributed by atoms with Gasteiger partial charge >= 0.3 is 0 Å². The number of fused-ring (bicyclic) bond motifs is 1. The summed E-state index contributed by atoms with van der Waals surface area (Å²) in [5.41, 5.74) is 2.34. The van der Waals surface area contributed by atoms with E-state index in [9.17, 15) is 4.79 Å². The van der Waals surface area contributed by atoms with Crippen LogP contribution in [0.5, 0.6) is 5.75 Å². The largest absolute Gasteiger partial charge is 0.479 e. The molecule has 5 heteroatoms. The Labute approximate surface area is 149 Å². The van der Waals surface area contributed by atoms with E-state index in [2.05, 4.69) is 4.98 Å². The summed E-state index contributed by atoms with van der Waals surface area (Å²) in [4.78, 5) is 15.0. The molecule has 3 aromatic rings. The predicted octanol–water partition coefficient (Wildman–Crippen LogP) is 3.29. The lowest BCUT2D eigenvalue weighted by atomic mass is 9.95. The van der Waals surface area contributed by atoms with Gasteiger partial charge in [-0.15, -0.1) is 0 Å². The van der Waals surface area contributed by atoms with E-state index in [4.69, 9.17) is 18.8 Å². The Hall–Kier alpha value is -3.10. The first kappa shape index (κ1) is 13.2. The van der Waals surface area contributed by atoms with Gasteiger partial charge in [-0.25, -0.2) is 0 Å². The molecular weight excluding hydrogens is 316 g/mol. The quantitative estimate of drug-likeness (QED) is 0.749. The summed E-state index contributed by atoms with van der Waals surface area (Å²) in [6, 6.07) is 14.6. The maximum absolute atomic E-state index is 12.3. The molecule has 5 nitrogen and oxygen atoms in total. The second kappa shape index (κ2) is 7.65. The highest BCUT2D eigenvalue weighted by Crippen LogP contribution is 2.31. The van der Waals surface area contributed by atoms with E-state index in [1.807, 2.05) is 30.3 Å². The van der Waals surface area contributed by atoms with E-state index in [0.29, 0.717) is 17.6 Å². The van der Waals surface area contributed by atoms with Crippen LogP contribution in [0.4, 0.5) is 0 Å². The van der Waals surface area contributed by atoms with Gasteiger partial charge in [0.05, 0.1) is 16.1 Å². The zero-order chi connectivity index (χ0) is 20.1. The van der Waals surface area contributed by atoms with Gasteiger partial charge < -0.3 is 14.5 Å². The van der Waals surface area contributed by atoms with Crippen LogP contribution in [0.15, 0.2) is 53.5 Å². The third kappa shape index (κ3) is 3.54. The average molecular weight is 337 g/mol. The molecular formula is C20H18N2O3. The molecule has 0 saturated carbocycles. The number of benzene rings is 2. The molecule has 0 aliphatic heterocycles. The van der Waals surface area contributed by atoms with Gasteiger partial charge in [-0.05, 0) is 41.1 Å². The highest BCUT2D eigenvalue weighted by Gasteiger charge is 2.11. The number of pyridine rings is 1. The fraction of sp³-hybridized carbons (Fsp3) is 0.200. The number of hydrogen-bond acceptors (Lipinski definition) is 4. The van der Waals surface area contributed by atoms with Crippen LogP contribution in [0.1, 0.15) is 9.68 Å². The Morgan fingerprint density at radius 2 is 2.08 bits per heavy atom. The fourth-order valence-electron chi connectivity index (χ4n) is 2.83. The molecule has 0 radical (unpaired) electrons. The van der Waals surface area contributed by atoms with Crippen molar-refractivity contribution in [1.82, 2.24) is 4.98 Å². The third-order valence-corrected chi connectivity index (χ3v) is 3.96. The summed E-state index contributed by atoms with van der Waals surface area (Å²) >= 11 is 0. The summed E-state index contributed by atoms with van der Waals surface area (Å²) in [6.45, 7) is -0.0453. The molecule has 25 heavy (non-hydrogen) atoms. The van der Waals surface area contributed by atoms with Gasteiger partial charge in [0.1, 0.15) is 11.8 Å². The zero-order valence-corrected chi connectivity index (χ0v) is 13.4. The van der Waals surface area contributed by atoms with Gasteiger partial charge in [0, 0.05) is 18.8 Å². The minimum absolute atomic E-state index is 0.0565. The average Bonchev–Trinajstić information content (AvgIpc) is 2.66. The monoisotopic (exact) mass is 337 g/mol. The van der Waals surface area contributed by atoms with Crippen LogP contribution in [0.2, 0.25) is 0 Å². The van der Waals surface area contributed by atoms with Crippen molar-refractivity contribution < 1.29 is 13.6 Å². The second-order valence-electron chi connectivity index (χ2n) is 5.44. The highest BCUT2D eigenvalue weighted by atomic mass is 16.5. The molecule has 2 aromatic carbocycles. The molecule has 1 heterocycles. The molecule has 0 amide bonds. The van der Waals surface area contributed by atoms with E-state index in [-0.39, 0.29) is 18.8 Å². The van der Waals surface area contributed by atoms with Gasteiger partial charge in [-0.1, -0.05) is 24.3 Å². The van der Waals surface area contributed by atoms with Crippen LogP contribution in [-0.2, 0) is 11.2 Å². The lowest BCUT2D eigenvalue weighted by Crippen LogP contribution is -2.07. The maximum Gasteiger partial charge on any atom is 0.255 e. The number of methoxy groups -OCH3 is 1. The third-order valence-electron chi connectivity index (χ3n) is 3.96. The van der Waals surface area contributed by atoms with E-state index in [1.54, 1.807) is 24.4 Å². The molecule has 0 bridgehead atoms. The topological polar surface area (TPSA) is 75.1 Å². The van der Waals surface area contributed by atoms with Crippen molar-refractivity contribution in [3.63, 3.8) is 0 Å². The SMILES string of the molecule is [2H]C([2H])([2H])OCCc1ccccc1-c1c[nH]c(=O)c2cc(OCC#N)ccc12. The Balaban J connectivity index is 2.01. The summed E-state index contributed by atoms with van der Waals surface area (Å²) < 4.78 is 31.6. The lowest BCUT2D eigenvalue weighted by molar-refractivity contribution is 0.202. The normalized spacial score (nSPS) is 12.8. The van der Waals surface area contributed by atoms with Crippen molar-refractivity contribution >= 4 is 10.8 Å². The van der Waals surface area contributed by atoms with Crippen LogP contribution in [0.25, 0.3) is 21.9 Å². The summed E-state index contributed by atoms with van der Waals surface area (Å²) in [6.07, 6.45) is 2.06. The molecule has 0 saturated heterocycles. The zero-order valence-electron chi connectivity index (χ0n) is 16.4. The Kier molecular flexibility index (Phi) is 4.04. The van der Waals surface area contributed by atoms with Crippen LogP contribution < -0.4 is 10.3 Å². The first-order valence-corrected chi connectivity index (χ1v) is 7.76. The van der Waals surface area contributed by atoms with Crippen LogP contribution in [0.3, 0.4) is 0 Å². The number of rotatable bonds is 6. The van der Waals surface area contributed by atoms with Crippen molar-refractivity contribution in [3.8, 4) is 22.9 Å². The molecule has 3 rings (SSSR count). The van der Waals surface area contributed by atoms with Gasteiger partial charge in [0.25, 0.3) is 5.56 Å². The number of H-pyrrole nitrogens is 1. The van der Waals surface area contributed by atoms with E-state index in [1.165, 1.54) is 0 Å². The number of aromatic amines is 1. The minimum atomic E-state index is -2.43. The number of hydrogen-bond donors (Lipinski definition) is 1. The summed E-state index contributed by atoms with van der Waals surface area (Å²) in [7, 11) is -2.43. The molecule has 0 unspecified atom stereocenters. The first-order chi connectivity index (χ1) is 13.4. The van der Waals surface area contributed by atoms with E-state index >= 15 is 0 Å². The van der Waals surface area contributed by atoms with Crippen molar-refractivity contribution in [2.24, 2.45) is 0 Å². The molecule has 0 aliphatic rings. The maximum atomic E-state index is 12.3. The second-order valence-corrected chi connectivity index (χ2v) is 5.44. The van der Waals surface area contributed by atoms with Crippen LogP contribution in [0, 0.1) is 11.3 Å². The molecule has 1 N–H and O–H groups in total. The number of nitriles is 1. The van der Waals surface area contributed by atoms with Crippen LogP contribution in [-0.4, -0.2) is 25.2 Å². The molecule has 0 aliphatic carbocycles. The Morgan fingerprint density at radius 3 is 2.92 bits per heavy atom. The smallest absolute Gasteiger partial charge is 0.255 e. The van der Waals surface area contributed by atoms with Gasteiger partial charge in [-0.2, -0.15) is 5.26 Å². The van der Waals surface area contributed by atoms with Gasteiger partial charge in [-0.3, -0.25) is 4.79 Å². The van der Waals surface area contributed by atoms with Crippen molar-refractivity contribution in [3.05, 3.63) is 64.6 Å². The number of nitrogens with zero attached hydrogens (tertiary/aromatic N) is 1. The summed E-state index contributed by atoms with van der Waals surface area (Å²) in [5, 5.41) is 9.83. The molecule has 0 fully saturated rings. The lowest BCUT2D eigenvalue weighted by Gasteiger charge is -2.12. The molecule has 126 valence electrons. The van der Waals surface area contributed by atoms with Gasteiger partial charge in [0.15, 0.2) is 6.61 Å². The highest BCUT2D eigenvalue weighted by molar-refractivity contribution is 5.97. The minimum Gasteiger partial charge on any atom is -0.479 e. The number of ether oxygens (including phenoxy) is 2. The standard InChI is InChI=1S/C20H18N2O3/c1-24-10-8-14-4-2-3-5-16(14)19-13-22-20(23)18-12-15(25-11-9-21)6-7-17(18)19/h2-7,12-13H,8,10-11H2,1H3,(H,22,23)/i1D3. The van der Waals surface area contributed by atoms with Crippen LogP contribution >= 0.6 is 0 Å². The molecule has 1 aromatic heterocycles.